The fourth-order valence-corrected chi connectivity index (χ4v) is 3.29. The van der Waals surface area contributed by atoms with Gasteiger partial charge in [-0.15, -0.1) is 0 Å². The summed E-state index contributed by atoms with van der Waals surface area (Å²) in [5, 5.41) is 2.92. The number of amides is 2. The van der Waals surface area contributed by atoms with Gasteiger partial charge in [0.05, 0.1) is 24.6 Å². The van der Waals surface area contributed by atoms with Crippen LogP contribution in [-0.4, -0.2) is 30.4 Å². The Bertz CT molecular complexity index is 820. The molecule has 1 N–H and O–H groups in total. The highest BCUT2D eigenvalue weighted by atomic mass is 16.5. The number of aryl methyl sites for hydroxylation is 1. The molecule has 0 aliphatic heterocycles. The van der Waals surface area contributed by atoms with E-state index < -0.39 is 0 Å². The largest absolute Gasteiger partial charge is 0.495 e. The number of nitrogens with zero attached hydrogens (tertiary/aromatic N) is 1. The molecule has 3 rings (SSSR count). The van der Waals surface area contributed by atoms with Crippen molar-refractivity contribution in [2.75, 3.05) is 19.0 Å². The quantitative estimate of drug-likeness (QED) is 0.814. The minimum atomic E-state index is -0.271. The first-order valence-corrected chi connectivity index (χ1v) is 9.31. The zero-order valence-corrected chi connectivity index (χ0v) is 16.1. The van der Waals surface area contributed by atoms with Crippen LogP contribution in [0.1, 0.15) is 24.5 Å². The monoisotopic (exact) mass is 366 g/mol. The third-order valence-electron chi connectivity index (χ3n) is 4.97. The van der Waals surface area contributed by atoms with Crippen molar-refractivity contribution in [3.8, 4) is 5.75 Å². The molecular formula is C22H26N2O3. The highest BCUT2D eigenvalue weighted by Gasteiger charge is 2.49. The fourth-order valence-electron chi connectivity index (χ4n) is 3.29. The number of hydrogen-bond donors (Lipinski definition) is 1. The molecule has 0 spiro atoms. The lowest BCUT2D eigenvalue weighted by atomic mass is 10.2. The van der Waals surface area contributed by atoms with Crippen molar-refractivity contribution >= 4 is 17.5 Å². The van der Waals surface area contributed by atoms with Gasteiger partial charge in [0.15, 0.2) is 0 Å². The van der Waals surface area contributed by atoms with Crippen LogP contribution in [-0.2, 0) is 16.1 Å². The van der Waals surface area contributed by atoms with Gasteiger partial charge in [0.25, 0.3) is 0 Å². The number of methoxy groups -OCH3 is 1. The van der Waals surface area contributed by atoms with Crippen molar-refractivity contribution < 1.29 is 14.3 Å². The van der Waals surface area contributed by atoms with Crippen LogP contribution in [0.3, 0.4) is 0 Å². The van der Waals surface area contributed by atoms with Crippen LogP contribution in [0.4, 0.5) is 5.69 Å². The number of hydrogen-bond acceptors (Lipinski definition) is 3. The summed E-state index contributed by atoms with van der Waals surface area (Å²) in [6.07, 6.45) is 0.601. The summed E-state index contributed by atoms with van der Waals surface area (Å²) >= 11 is 0. The fraction of sp³-hybridized carbons (Fsp3) is 0.364. The Hall–Kier alpha value is -2.82. The number of nitrogens with one attached hydrogen (secondary N) is 1. The molecule has 5 nitrogen and oxygen atoms in total. The number of carbonyl (C=O) groups excluding carboxylic acids is 2. The molecule has 5 heteroatoms. The zero-order chi connectivity index (χ0) is 19.4. The Morgan fingerprint density at radius 2 is 1.89 bits per heavy atom. The van der Waals surface area contributed by atoms with Gasteiger partial charge in [0.2, 0.25) is 11.8 Å². The summed E-state index contributed by atoms with van der Waals surface area (Å²) in [6.45, 7) is 5.13. The second kappa shape index (κ2) is 8.25. The average Bonchev–Trinajstić information content (AvgIpc) is 3.47. The van der Waals surface area contributed by atoms with E-state index in [1.165, 1.54) is 0 Å². The molecule has 142 valence electrons. The molecule has 0 aromatic heterocycles. The van der Waals surface area contributed by atoms with E-state index in [9.17, 15) is 9.59 Å². The van der Waals surface area contributed by atoms with Crippen LogP contribution in [0.15, 0.2) is 48.5 Å². The zero-order valence-electron chi connectivity index (χ0n) is 16.1. The van der Waals surface area contributed by atoms with Crippen LogP contribution >= 0.6 is 0 Å². The first kappa shape index (κ1) is 19.0. The molecule has 2 amide bonds. The van der Waals surface area contributed by atoms with Gasteiger partial charge in [-0.25, -0.2) is 0 Å². The lowest BCUT2D eigenvalue weighted by Gasteiger charge is -2.21. The molecule has 0 heterocycles. The Labute approximate surface area is 160 Å². The van der Waals surface area contributed by atoms with Gasteiger partial charge in [-0.2, -0.15) is 0 Å². The SMILES string of the molecule is CCN(Cc1ccccc1)C(=O)C1CC1C(=O)Nc1cc(C)ccc1OC. The van der Waals surface area contributed by atoms with Gasteiger partial charge >= 0.3 is 0 Å². The highest BCUT2D eigenvalue weighted by Crippen LogP contribution is 2.41. The van der Waals surface area contributed by atoms with Crippen LogP contribution < -0.4 is 10.1 Å². The first-order valence-electron chi connectivity index (χ1n) is 9.31. The van der Waals surface area contributed by atoms with E-state index in [0.29, 0.717) is 30.9 Å². The first-order chi connectivity index (χ1) is 13.0. The van der Waals surface area contributed by atoms with Gasteiger partial charge in [0, 0.05) is 13.1 Å². The molecule has 2 aromatic carbocycles. The smallest absolute Gasteiger partial charge is 0.228 e. The molecule has 2 unspecified atom stereocenters. The predicted octanol–water partition coefficient (Wildman–Crippen LogP) is 3.63. The van der Waals surface area contributed by atoms with Gasteiger partial charge in [-0.1, -0.05) is 36.4 Å². The standard InChI is InChI=1S/C22H26N2O3/c1-4-24(14-16-8-6-5-7-9-16)22(26)18-13-17(18)21(25)23-19-12-15(2)10-11-20(19)27-3/h5-12,17-18H,4,13-14H2,1-3H3,(H,23,25). The summed E-state index contributed by atoms with van der Waals surface area (Å²) < 4.78 is 5.31. The van der Waals surface area contributed by atoms with Gasteiger partial charge in [-0.3, -0.25) is 9.59 Å². The molecule has 1 aliphatic carbocycles. The van der Waals surface area contributed by atoms with Crippen LogP contribution in [0.25, 0.3) is 0 Å². The van der Waals surface area contributed by atoms with Crippen molar-refractivity contribution in [1.29, 1.82) is 0 Å². The third-order valence-corrected chi connectivity index (χ3v) is 4.97. The maximum Gasteiger partial charge on any atom is 0.228 e. The minimum Gasteiger partial charge on any atom is -0.495 e. The summed E-state index contributed by atoms with van der Waals surface area (Å²) in [4.78, 5) is 27.2. The summed E-state index contributed by atoms with van der Waals surface area (Å²) in [7, 11) is 1.58. The lowest BCUT2D eigenvalue weighted by molar-refractivity contribution is -0.134. The molecule has 1 saturated carbocycles. The molecule has 0 radical (unpaired) electrons. The Balaban J connectivity index is 1.61. The van der Waals surface area contributed by atoms with Crippen molar-refractivity contribution in [1.82, 2.24) is 4.90 Å². The van der Waals surface area contributed by atoms with E-state index >= 15 is 0 Å². The maximum atomic E-state index is 12.8. The van der Waals surface area contributed by atoms with Crippen LogP contribution in [0, 0.1) is 18.8 Å². The Morgan fingerprint density at radius 3 is 2.56 bits per heavy atom. The van der Waals surface area contributed by atoms with E-state index in [-0.39, 0.29) is 23.7 Å². The highest BCUT2D eigenvalue weighted by molar-refractivity contribution is 6.00. The van der Waals surface area contributed by atoms with E-state index in [0.717, 1.165) is 11.1 Å². The molecule has 0 saturated heterocycles. The number of ether oxygens (including phenoxy) is 1. The van der Waals surface area contributed by atoms with Crippen molar-refractivity contribution in [3.63, 3.8) is 0 Å². The normalized spacial score (nSPS) is 17.9. The summed E-state index contributed by atoms with van der Waals surface area (Å²) in [5.74, 6) is 0.0551. The van der Waals surface area contributed by atoms with Crippen molar-refractivity contribution in [2.24, 2.45) is 11.8 Å². The molecule has 2 atom stereocenters. The minimum absolute atomic E-state index is 0.0534. The summed E-state index contributed by atoms with van der Waals surface area (Å²) in [5.41, 5.74) is 2.78. The van der Waals surface area contributed by atoms with E-state index in [4.69, 9.17) is 4.74 Å². The van der Waals surface area contributed by atoms with Crippen molar-refractivity contribution in [2.45, 2.75) is 26.8 Å². The van der Waals surface area contributed by atoms with Gasteiger partial charge in [-0.05, 0) is 43.5 Å². The van der Waals surface area contributed by atoms with Gasteiger partial charge < -0.3 is 15.0 Å². The molecular weight excluding hydrogens is 340 g/mol. The molecule has 0 bridgehead atoms. The topological polar surface area (TPSA) is 58.6 Å². The Kier molecular flexibility index (Phi) is 5.79. The number of rotatable bonds is 7. The summed E-state index contributed by atoms with van der Waals surface area (Å²) in [6, 6.07) is 15.6. The average molecular weight is 366 g/mol. The lowest BCUT2D eigenvalue weighted by Crippen LogP contribution is -2.33. The molecule has 1 fully saturated rings. The van der Waals surface area contributed by atoms with E-state index in [2.05, 4.69) is 5.32 Å². The number of anilines is 1. The van der Waals surface area contributed by atoms with Gasteiger partial charge in [0.1, 0.15) is 5.75 Å². The molecule has 27 heavy (non-hydrogen) atoms. The van der Waals surface area contributed by atoms with Crippen LogP contribution in [0.2, 0.25) is 0 Å². The van der Waals surface area contributed by atoms with E-state index in [1.54, 1.807) is 7.11 Å². The van der Waals surface area contributed by atoms with E-state index in [1.807, 2.05) is 67.3 Å². The predicted molar refractivity (Wildman–Crippen MR) is 105 cm³/mol. The Morgan fingerprint density at radius 1 is 1.15 bits per heavy atom. The number of benzene rings is 2. The second-order valence-electron chi connectivity index (χ2n) is 6.98. The molecule has 1 aliphatic rings. The maximum absolute atomic E-state index is 12.8. The second-order valence-corrected chi connectivity index (χ2v) is 6.98. The number of carbonyl (C=O) groups is 2. The van der Waals surface area contributed by atoms with Crippen LogP contribution in [0.5, 0.6) is 5.75 Å². The molecule has 2 aromatic rings. The third kappa shape index (κ3) is 4.48. The van der Waals surface area contributed by atoms with Crippen molar-refractivity contribution in [3.05, 3.63) is 59.7 Å².